The number of quaternary nitrogens is 1. The Labute approximate surface area is 194 Å². The van der Waals surface area contributed by atoms with Gasteiger partial charge in [-0.2, -0.15) is 0 Å². The van der Waals surface area contributed by atoms with Gasteiger partial charge in [-0.05, 0) is 24.5 Å². The molecule has 1 saturated heterocycles. The molecule has 1 aliphatic heterocycles. The standard InChI is InChI=1S/C25H32N4O4/c1-29(17-23(30)28-22-12-14-26-18-27-22)15-13-21(16-29)33-24(31)25(32,19-8-4-2-5-9-19)20-10-6-3-7-11-20/h2,4-5,8-9,12,14,18,20-21,32H,3,6-7,10-11,13,15-17H2,1H3/p+1/t21?,25-,29?/m0/s1. The van der Waals surface area contributed by atoms with Gasteiger partial charge in [0.1, 0.15) is 18.7 Å². The molecule has 2 unspecified atom stereocenters. The molecular formula is C25H33N4O4+. The average molecular weight is 454 g/mol. The minimum atomic E-state index is -1.64. The third-order valence-corrected chi connectivity index (χ3v) is 7.00. The number of carbonyl (C=O) groups excluding carboxylic acids is 2. The predicted octanol–water partition coefficient (Wildman–Crippen LogP) is 2.65. The largest absolute Gasteiger partial charge is 0.454 e. The SMILES string of the molecule is C[N+]1(CC(=O)Nc2ccncn2)CCC(OC(=O)[C@](O)(c2ccccc2)C2CCCCC2)C1. The average Bonchev–Trinajstić information content (AvgIpc) is 3.19. The van der Waals surface area contributed by atoms with Gasteiger partial charge in [-0.25, -0.2) is 14.8 Å². The maximum atomic E-state index is 13.4. The van der Waals surface area contributed by atoms with Crippen molar-refractivity contribution in [3.63, 3.8) is 0 Å². The fraction of sp³-hybridized carbons (Fsp3) is 0.520. The normalized spacial score (nSPS) is 25.2. The summed E-state index contributed by atoms with van der Waals surface area (Å²) in [5.41, 5.74) is -1.04. The number of carbonyl (C=O) groups is 2. The third-order valence-electron chi connectivity index (χ3n) is 7.00. The molecule has 2 fully saturated rings. The minimum Gasteiger partial charge on any atom is -0.454 e. The second-order valence-electron chi connectivity index (χ2n) is 9.61. The molecule has 0 bridgehead atoms. The smallest absolute Gasteiger partial charge is 0.343 e. The molecule has 33 heavy (non-hydrogen) atoms. The summed E-state index contributed by atoms with van der Waals surface area (Å²) in [6.07, 6.45) is 8.03. The Hall–Kier alpha value is -2.84. The molecule has 2 aromatic rings. The van der Waals surface area contributed by atoms with Crippen molar-refractivity contribution in [3.05, 3.63) is 54.5 Å². The molecular weight excluding hydrogens is 420 g/mol. The number of nitrogens with zero attached hydrogens (tertiary/aromatic N) is 3. The molecule has 0 spiro atoms. The van der Waals surface area contributed by atoms with Crippen molar-refractivity contribution in [1.82, 2.24) is 9.97 Å². The number of anilines is 1. The Morgan fingerprint density at radius 2 is 1.91 bits per heavy atom. The van der Waals surface area contributed by atoms with Gasteiger partial charge in [-0.1, -0.05) is 49.6 Å². The Kier molecular flexibility index (Phi) is 7.05. The van der Waals surface area contributed by atoms with Crippen LogP contribution in [0.1, 0.15) is 44.1 Å². The zero-order valence-corrected chi connectivity index (χ0v) is 19.2. The van der Waals surface area contributed by atoms with Crippen LogP contribution in [0, 0.1) is 5.92 Å². The van der Waals surface area contributed by atoms with Crippen molar-refractivity contribution in [2.24, 2.45) is 5.92 Å². The molecule has 1 amide bonds. The number of nitrogens with one attached hydrogen (secondary N) is 1. The van der Waals surface area contributed by atoms with E-state index in [1.165, 1.54) is 6.33 Å². The lowest BCUT2D eigenvalue weighted by molar-refractivity contribution is -0.890. The van der Waals surface area contributed by atoms with Crippen LogP contribution in [0.5, 0.6) is 0 Å². The van der Waals surface area contributed by atoms with Gasteiger partial charge in [-0.15, -0.1) is 0 Å². The first-order valence-electron chi connectivity index (χ1n) is 11.8. The molecule has 4 rings (SSSR count). The van der Waals surface area contributed by atoms with E-state index in [-0.39, 0.29) is 24.5 Å². The lowest BCUT2D eigenvalue weighted by atomic mass is 9.73. The van der Waals surface area contributed by atoms with Crippen molar-refractivity contribution in [2.45, 2.75) is 50.2 Å². The molecule has 1 aromatic carbocycles. The number of hydrogen-bond acceptors (Lipinski definition) is 6. The molecule has 8 heteroatoms. The Balaban J connectivity index is 1.41. The lowest BCUT2D eigenvalue weighted by Gasteiger charge is -2.37. The van der Waals surface area contributed by atoms with E-state index in [0.29, 0.717) is 35.4 Å². The zero-order chi connectivity index (χ0) is 23.3. The van der Waals surface area contributed by atoms with E-state index in [4.69, 9.17) is 4.74 Å². The number of likely N-dealkylation sites (tertiary alicyclic amines) is 1. The molecule has 2 heterocycles. The number of benzene rings is 1. The molecule has 1 aliphatic carbocycles. The summed E-state index contributed by atoms with van der Waals surface area (Å²) in [5, 5.41) is 14.5. The van der Waals surface area contributed by atoms with E-state index in [1.807, 2.05) is 37.4 Å². The second kappa shape index (κ2) is 9.97. The lowest BCUT2D eigenvalue weighted by Crippen LogP contribution is -2.49. The number of ether oxygens (including phenoxy) is 1. The van der Waals surface area contributed by atoms with Crippen LogP contribution in [0.15, 0.2) is 48.9 Å². The fourth-order valence-corrected chi connectivity index (χ4v) is 5.24. The first-order chi connectivity index (χ1) is 15.9. The van der Waals surface area contributed by atoms with Gasteiger partial charge < -0.3 is 19.6 Å². The van der Waals surface area contributed by atoms with E-state index >= 15 is 0 Å². The molecule has 2 N–H and O–H groups in total. The van der Waals surface area contributed by atoms with Crippen molar-refractivity contribution in [2.75, 3.05) is 32.0 Å². The number of esters is 1. The van der Waals surface area contributed by atoms with Gasteiger partial charge in [0.2, 0.25) is 0 Å². The summed E-state index contributed by atoms with van der Waals surface area (Å²) in [5.74, 6) is -0.401. The highest BCUT2D eigenvalue weighted by Gasteiger charge is 2.49. The van der Waals surface area contributed by atoms with Crippen LogP contribution in [0.25, 0.3) is 0 Å². The number of hydrogen-bond donors (Lipinski definition) is 2. The highest BCUT2D eigenvalue weighted by atomic mass is 16.6. The highest BCUT2D eigenvalue weighted by molar-refractivity contribution is 5.90. The minimum absolute atomic E-state index is 0.147. The number of aliphatic hydroxyl groups is 1. The molecule has 0 radical (unpaired) electrons. The van der Waals surface area contributed by atoms with Gasteiger partial charge in [0.05, 0.1) is 13.6 Å². The van der Waals surface area contributed by atoms with Gasteiger partial charge >= 0.3 is 5.97 Å². The molecule has 3 atom stereocenters. The van der Waals surface area contributed by atoms with Crippen molar-refractivity contribution >= 4 is 17.7 Å². The Morgan fingerprint density at radius 1 is 1.15 bits per heavy atom. The van der Waals surface area contributed by atoms with E-state index < -0.39 is 11.6 Å². The maximum absolute atomic E-state index is 13.4. The van der Waals surface area contributed by atoms with Gasteiger partial charge in [-0.3, -0.25) is 4.79 Å². The summed E-state index contributed by atoms with van der Waals surface area (Å²) in [6, 6.07) is 10.8. The van der Waals surface area contributed by atoms with Crippen molar-refractivity contribution in [1.29, 1.82) is 0 Å². The van der Waals surface area contributed by atoms with Crippen LogP contribution in [0.2, 0.25) is 0 Å². The van der Waals surface area contributed by atoms with Crippen LogP contribution in [-0.4, -0.2) is 64.2 Å². The van der Waals surface area contributed by atoms with Gasteiger partial charge in [0.25, 0.3) is 5.91 Å². The topological polar surface area (TPSA) is 101 Å². The first-order valence-corrected chi connectivity index (χ1v) is 11.8. The predicted molar refractivity (Wildman–Crippen MR) is 123 cm³/mol. The van der Waals surface area contributed by atoms with Crippen molar-refractivity contribution in [3.8, 4) is 0 Å². The van der Waals surface area contributed by atoms with E-state index in [9.17, 15) is 14.7 Å². The monoisotopic (exact) mass is 453 g/mol. The summed E-state index contributed by atoms with van der Waals surface area (Å²) < 4.78 is 6.38. The summed E-state index contributed by atoms with van der Waals surface area (Å²) >= 11 is 0. The molecule has 1 aromatic heterocycles. The maximum Gasteiger partial charge on any atom is 0.343 e. The van der Waals surface area contributed by atoms with E-state index in [1.54, 1.807) is 12.3 Å². The third kappa shape index (κ3) is 5.39. The summed E-state index contributed by atoms with van der Waals surface area (Å²) in [4.78, 5) is 33.8. The van der Waals surface area contributed by atoms with Crippen molar-refractivity contribution < 1.29 is 23.9 Å². The number of likely N-dealkylation sites (N-methyl/N-ethyl adjacent to an activating group) is 1. The quantitative estimate of drug-likeness (QED) is 0.494. The molecule has 2 aliphatic rings. The second-order valence-corrected chi connectivity index (χ2v) is 9.61. The van der Waals surface area contributed by atoms with E-state index in [0.717, 1.165) is 32.1 Å². The zero-order valence-electron chi connectivity index (χ0n) is 19.2. The molecule has 1 saturated carbocycles. The summed E-state index contributed by atoms with van der Waals surface area (Å²) in [7, 11) is 1.98. The van der Waals surface area contributed by atoms with Crippen LogP contribution < -0.4 is 5.32 Å². The summed E-state index contributed by atoms with van der Waals surface area (Å²) in [6.45, 7) is 1.49. The molecule has 176 valence electrons. The van der Waals surface area contributed by atoms with Crippen LogP contribution in [-0.2, 0) is 19.9 Å². The van der Waals surface area contributed by atoms with Gasteiger partial charge in [0.15, 0.2) is 18.2 Å². The number of rotatable bonds is 7. The van der Waals surface area contributed by atoms with Crippen LogP contribution in [0.3, 0.4) is 0 Å². The Morgan fingerprint density at radius 3 is 2.61 bits per heavy atom. The first kappa shape index (κ1) is 23.3. The fourth-order valence-electron chi connectivity index (χ4n) is 5.24. The molecule has 8 nitrogen and oxygen atoms in total. The van der Waals surface area contributed by atoms with E-state index in [2.05, 4.69) is 15.3 Å². The highest BCUT2D eigenvalue weighted by Crippen LogP contribution is 2.41. The van der Waals surface area contributed by atoms with Gasteiger partial charge in [0, 0.05) is 18.5 Å². The number of amides is 1. The van der Waals surface area contributed by atoms with Crippen LogP contribution >= 0.6 is 0 Å². The Bertz CT molecular complexity index is 951. The number of aromatic nitrogens is 2. The van der Waals surface area contributed by atoms with Crippen LogP contribution in [0.4, 0.5) is 5.82 Å².